The minimum absolute atomic E-state index is 0. The van der Waals surface area contributed by atoms with Crippen LogP contribution in [0.1, 0.15) is 13.8 Å². The fraction of sp³-hybridized carbons (Fsp3) is 0.500. The molecule has 0 saturated carbocycles. The van der Waals surface area contributed by atoms with Crippen molar-refractivity contribution >= 4 is 36.7 Å². The zero-order valence-electron chi connectivity index (χ0n) is 9.16. The lowest BCUT2D eigenvalue weighted by Gasteiger charge is -1.95. The van der Waals surface area contributed by atoms with E-state index < -0.39 is 19.3 Å². The van der Waals surface area contributed by atoms with Crippen LogP contribution >= 0.6 is 7.37 Å². The van der Waals surface area contributed by atoms with Crippen LogP contribution in [0.25, 0.3) is 0 Å². The second kappa shape index (κ2) is 10.9. The van der Waals surface area contributed by atoms with Crippen LogP contribution in [0.4, 0.5) is 0 Å². The SMILES string of the molecule is CC(=O)O.CC(=O)O.O=P1(O)CC=CC1.[Al]. The average Bonchev–Trinajstić information content (AvgIpc) is 2.31. The van der Waals surface area contributed by atoms with Gasteiger partial charge in [0.2, 0.25) is 7.37 Å². The number of carboxylic acids is 2. The Balaban J connectivity index is -0.000000166. The third-order valence-corrected chi connectivity index (χ3v) is 2.51. The van der Waals surface area contributed by atoms with E-state index in [0.29, 0.717) is 12.3 Å². The van der Waals surface area contributed by atoms with E-state index in [2.05, 4.69) is 0 Å². The van der Waals surface area contributed by atoms with Gasteiger partial charge in [-0.05, 0) is 0 Å². The van der Waals surface area contributed by atoms with E-state index >= 15 is 0 Å². The van der Waals surface area contributed by atoms with Crippen LogP contribution in [0.15, 0.2) is 12.2 Å². The fourth-order valence-corrected chi connectivity index (χ4v) is 1.66. The van der Waals surface area contributed by atoms with E-state index in [1.165, 1.54) is 0 Å². The number of aliphatic carboxylic acids is 2. The van der Waals surface area contributed by atoms with Gasteiger partial charge in [-0.2, -0.15) is 0 Å². The molecule has 6 nitrogen and oxygen atoms in total. The molecule has 0 amide bonds. The largest absolute Gasteiger partial charge is 0.481 e. The number of carboxylic acid groups (broad SMARTS) is 2. The highest BCUT2D eigenvalue weighted by Gasteiger charge is 2.17. The maximum absolute atomic E-state index is 10.5. The van der Waals surface area contributed by atoms with Crippen LogP contribution in [0.3, 0.4) is 0 Å². The van der Waals surface area contributed by atoms with Crippen molar-refractivity contribution in [1.29, 1.82) is 0 Å². The molecular weight excluding hydrogens is 250 g/mol. The first-order valence-electron chi connectivity index (χ1n) is 4.02. The summed E-state index contributed by atoms with van der Waals surface area (Å²) in [6, 6.07) is 0. The number of hydrogen-bond acceptors (Lipinski definition) is 3. The molecule has 8 heteroatoms. The van der Waals surface area contributed by atoms with Crippen LogP contribution in [0, 0.1) is 0 Å². The van der Waals surface area contributed by atoms with Gasteiger partial charge in [0.05, 0.1) is 0 Å². The molecule has 1 aliphatic rings. The Labute approximate surface area is 105 Å². The first-order valence-corrected chi connectivity index (χ1v) is 6.05. The van der Waals surface area contributed by atoms with Crippen LogP contribution in [0.2, 0.25) is 0 Å². The van der Waals surface area contributed by atoms with Gasteiger partial charge in [-0.3, -0.25) is 14.2 Å². The van der Waals surface area contributed by atoms with Crippen molar-refractivity contribution in [3.05, 3.63) is 12.2 Å². The van der Waals surface area contributed by atoms with Crippen LogP contribution in [0.5, 0.6) is 0 Å². The van der Waals surface area contributed by atoms with Gasteiger partial charge in [-0.1, -0.05) is 12.2 Å². The van der Waals surface area contributed by atoms with Crippen LogP contribution in [-0.4, -0.2) is 56.7 Å². The monoisotopic (exact) mass is 265 g/mol. The minimum atomic E-state index is -2.65. The summed E-state index contributed by atoms with van der Waals surface area (Å²) >= 11 is 0. The second-order valence-corrected chi connectivity index (χ2v) is 5.14. The lowest BCUT2D eigenvalue weighted by molar-refractivity contribution is -0.135. The molecule has 0 saturated heterocycles. The van der Waals surface area contributed by atoms with Crippen LogP contribution < -0.4 is 0 Å². The zero-order valence-corrected chi connectivity index (χ0v) is 11.2. The highest BCUT2D eigenvalue weighted by molar-refractivity contribution is 7.58. The predicted molar refractivity (Wildman–Crippen MR) is 61.1 cm³/mol. The summed E-state index contributed by atoms with van der Waals surface area (Å²) in [5.41, 5.74) is 0. The van der Waals surface area contributed by atoms with E-state index in [-0.39, 0.29) is 17.4 Å². The van der Waals surface area contributed by atoms with Crippen molar-refractivity contribution in [1.82, 2.24) is 0 Å². The molecule has 1 rings (SSSR count). The Bertz CT molecular complexity index is 256. The minimum Gasteiger partial charge on any atom is -0.481 e. The molecule has 1 aliphatic heterocycles. The van der Waals surface area contributed by atoms with E-state index in [0.717, 1.165) is 13.8 Å². The molecule has 0 unspecified atom stereocenters. The first-order chi connectivity index (χ1) is 6.67. The van der Waals surface area contributed by atoms with Crippen LogP contribution in [-0.2, 0) is 14.2 Å². The number of carbonyl (C=O) groups is 2. The number of hydrogen-bond donors (Lipinski definition) is 3. The molecule has 91 valence electrons. The molecule has 0 aromatic rings. The predicted octanol–water partition coefficient (Wildman–Crippen LogP) is 0.628. The maximum atomic E-state index is 10.5. The molecule has 16 heavy (non-hydrogen) atoms. The fourth-order valence-electron chi connectivity index (χ4n) is 0.553. The molecule has 0 bridgehead atoms. The highest BCUT2D eigenvalue weighted by atomic mass is 31.2. The number of rotatable bonds is 0. The van der Waals surface area contributed by atoms with Crippen molar-refractivity contribution in [2.24, 2.45) is 0 Å². The van der Waals surface area contributed by atoms with E-state index in [1.807, 2.05) is 0 Å². The molecular formula is C8H15AlO6P. The summed E-state index contributed by atoms with van der Waals surface area (Å²) in [5.74, 6) is -1.67. The van der Waals surface area contributed by atoms with E-state index in [1.54, 1.807) is 12.2 Å². The van der Waals surface area contributed by atoms with Crippen molar-refractivity contribution in [3.63, 3.8) is 0 Å². The maximum Gasteiger partial charge on any atom is 0.300 e. The Morgan fingerprint density at radius 2 is 1.25 bits per heavy atom. The first kappa shape index (κ1) is 20.8. The Hall–Kier alpha value is -0.598. The van der Waals surface area contributed by atoms with Gasteiger partial charge in [0, 0.05) is 43.5 Å². The quantitative estimate of drug-likeness (QED) is 0.336. The van der Waals surface area contributed by atoms with Gasteiger partial charge in [0.15, 0.2) is 0 Å². The second-order valence-electron chi connectivity index (χ2n) is 2.72. The summed E-state index contributed by atoms with van der Waals surface area (Å²) in [4.78, 5) is 26.7. The molecule has 0 spiro atoms. The Kier molecular flexibility index (Phi) is 14.2. The lowest BCUT2D eigenvalue weighted by atomic mass is 10.6. The van der Waals surface area contributed by atoms with Gasteiger partial charge < -0.3 is 15.1 Å². The summed E-state index contributed by atoms with van der Waals surface area (Å²) in [6.45, 7) is 2.17. The average molecular weight is 265 g/mol. The smallest absolute Gasteiger partial charge is 0.300 e. The summed E-state index contributed by atoms with van der Waals surface area (Å²) in [7, 11) is -2.65. The number of allylic oxidation sites excluding steroid dienone is 2. The molecule has 0 aliphatic carbocycles. The standard InChI is InChI=1S/C4H7O2P.2C2H4O2.Al/c5-7(6)3-1-2-4-7;2*1-2(3)4;/h1-2H,3-4H2,(H,5,6);2*1H3,(H,3,4);. The Morgan fingerprint density at radius 1 is 1.06 bits per heavy atom. The Morgan fingerprint density at radius 3 is 1.31 bits per heavy atom. The summed E-state index contributed by atoms with van der Waals surface area (Å²) in [5, 5.41) is 14.8. The lowest BCUT2D eigenvalue weighted by Crippen LogP contribution is -1.78. The normalized spacial score (nSPS) is 14.4. The van der Waals surface area contributed by atoms with Gasteiger partial charge in [0.1, 0.15) is 0 Å². The molecule has 0 aromatic heterocycles. The van der Waals surface area contributed by atoms with Crippen molar-refractivity contribution < 1.29 is 29.3 Å². The van der Waals surface area contributed by atoms with Gasteiger partial charge in [-0.15, -0.1) is 0 Å². The van der Waals surface area contributed by atoms with Gasteiger partial charge >= 0.3 is 0 Å². The molecule has 0 atom stereocenters. The topological polar surface area (TPSA) is 112 Å². The van der Waals surface area contributed by atoms with E-state index in [9.17, 15) is 4.57 Å². The zero-order chi connectivity index (χ0) is 12.5. The van der Waals surface area contributed by atoms with Gasteiger partial charge in [-0.25, -0.2) is 0 Å². The molecule has 1 heterocycles. The summed E-state index contributed by atoms with van der Waals surface area (Å²) < 4.78 is 10.5. The molecule has 3 N–H and O–H groups in total. The third kappa shape index (κ3) is 29.2. The third-order valence-electron chi connectivity index (χ3n) is 0.948. The van der Waals surface area contributed by atoms with Crippen molar-refractivity contribution in [2.45, 2.75) is 13.8 Å². The molecule has 3 radical (unpaired) electrons. The van der Waals surface area contributed by atoms with Gasteiger partial charge in [0.25, 0.3) is 11.9 Å². The van der Waals surface area contributed by atoms with Crippen molar-refractivity contribution in [3.8, 4) is 0 Å². The highest BCUT2D eigenvalue weighted by Crippen LogP contribution is 2.43. The molecule has 0 fully saturated rings. The van der Waals surface area contributed by atoms with Crippen molar-refractivity contribution in [2.75, 3.05) is 12.3 Å². The summed E-state index contributed by atoms with van der Waals surface area (Å²) in [6.07, 6.45) is 4.27. The van der Waals surface area contributed by atoms with E-state index in [4.69, 9.17) is 24.7 Å². The molecule has 0 aromatic carbocycles.